The third kappa shape index (κ3) is 3.46. The second-order valence-electron chi connectivity index (χ2n) is 4.34. The van der Waals surface area contributed by atoms with Crippen molar-refractivity contribution in [1.29, 1.82) is 0 Å². The van der Waals surface area contributed by atoms with Crippen molar-refractivity contribution in [2.24, 2.45) is 0 Å². The van der Waals surface area contributed by atoms with Gasteiger partial charge in [0.05, 0.1) is 11.5 Å². The number of hydrogen-bond acceptors (Lipinski definition) is 6. The Kier molecular flexibility index (Phi) is 4.11. The number of hydrogen-bond donors (Lipinski definition) is 1. The molecule has 1 N–H and O–H groups in total. The monoisotopic (exact) mass is 275 g/mol. The number of rotatable bonds is 5. The fourth-order valence-corrected chi connectivity index (χ4v) is 4.81. The van der Waals surface area contributed by atoms with Gasteiger partial charge in [-0.2, -0.15) is 0 Å². The van der Waals surface area contributed by atoms with Crippen LogP contribution in [0.15, 0.2) is 0 Å². The first kappa shape index (κ1) is 12.9. The van der Waals surface area contributed by atoms with Crippen molar-refractivity contribution in [1.82, 2.24) is 15.5 Å². The Morgan fingerprint density at radius 2 is 2.29 bits per heavy atom. The second-order valence-corrected chi connectivity index (χ2v) is 7.66. The molecule has 1 aromatic rings. The van der Waals surface area contributed by atoms with Crippen molar-refractivity contribution in [2.45, 2.75) is 25.2 Å². The van der Waals surface area contributed by atoms with Gasteiger partial charge in [-0.25, -0.2) is 8.42 Å². The van der Waals surface area contributed by atoms with Gasteiger partial charge in [0.25, 0.3) is 0 Å². The summed E-state index contributed by atoms with van der Waals surface area (Å²) in [5.41, 5.74) is 0. The van der Waals surface area contributed by atoms with Crippen molar-refractivity contribution in [3.63, 3.8) is 0 Å². The maximum Gasteiger partial charge on any atom is 0.151 e. The fraction of sp³-hybridized carbons (Fsp3) is 0.800. The summed E-state index contributed by atoms with van der Waals surface area (Å²) in [4.78, 5) is 0. The van der Waals surface area contributed by atoms with E-state index in [2.05, 4.69) is 15.5 Å². The molecule has 1 saturated heterocycles. The smallest absolute Gasteiger partial charge is 0.151 e. The molecule has 0 saturated carbocycles. The zero-order chi connectivity index (χ0) is 12.3. The van der Waals surface area contributed by atoms with E-state index in [4.69, 9.17) is 0 Å². The van der Waals surface area contributed by atoms with Crippen molar-refractivity contribution >= 4 is 21.2 Å². The lowest BCUT2D eigenvalue weighted by molar-refractivity contribution is 0.601. The predicted octanol–water partition coefficient (Wildman–Crippen LogP) is 0.592. The van der Waals surface area contributed by atoms with E-state index in [0.29, 0.717) is 12.2 Å². The summed E-state index contributed by atoms with van der Waals surface area (Å²) in [6.07, 6.45) is 2.65. The highest BCUT2D eigenvalue weighted by Crippen LogP contribution is 2.30. The molecule has 1 fully saturated rings. The second kappa shape index (κ2) is 5.41. The third-order valence-electron chi connectivity index (χ3n) is 2.88. The van der Waals surface area contributed by atoms with E-state index in [1.165, 1.54) is 0 Å². The summed E-state index contributed by atoms with van der Waals surface area (Å²) < 4.78 is 22.8. The van der Waals surface area contributed by atoms with Crippen LogP contribution in [-0.2, 0) is 16.3 Å². The molecule has 2 rings (SSSR count). The number of nitrogens with zero attached hydrogens (tertiary/aromatic N) is 2. The Hall–Kier alpha value is -0.530. The number of aryl methyl sites for hydroxylation is 1. The largest absolute Gasteiger partial charge is 0.320 e. The molecule has 2 heterocycles. The van der Waals surface area contributed by atoms with Crippen LogP contribution < -0.4 is 5.32 Å². The molecule has 1 aliphatic heterocycles. The summed E-state index contributed by atoms with van der Waals surface area (Å²) in [6.45, 7) is 0.965. The summed E-state index contributed by atoms with van der Waals surface area (Å²) in [6, 6.07) is 0. The van der Waals surface area contributed by atoms with Gasteiger partial charge in [0, 0.05) is 12.3 Å². The molecule has 1 aromatic heterocycles. The van der Waals surface area contributed by atoms with E-state index in [0.717, 1.165) is 29.4 Å². The van der Waals surface area contributed by atoms with Gasteiger partial charge >= 0.3 is 0 Å². The fourth-order valence-electron chi connectivity index (χ4n) is 1.94. The van der Waals surface area contributed by atoms with Gasteiger partial charge in [0.15, 0.2) is 9.84 Å². The van der Waals surface area contributed by atoms with Crippen molar-refractivity contribution in [3.8, 4) is 0 Å². The minimum atomic E-state index is -2.83. The molecule has 0 aliphatic carbocycles. The van der Waals surface area contributed by atoms with Crippen molar-refractivity contribution < 1.29 is 8.42 Å². The molecular formula is C10H17N3O2S2. The van der Waals surface area contributed by atoms with Gasteiger partial charge in [0.1, 0.15) is 10.0 Å². The standard InChI is InChI=1S/C10H17N3O2S2/c1-11-5-2-3-9-12-13-10(16-9)8-4-6-17(14,15)7-8/h8,11H,2-7H2,1H3. The Balaban J connectivity index is 1.94. The van der Waals surface area contributed by atoms with Gasteiger partial charge in [0.2, 0.25) is 0 Å². The summed E-state index contributed by atoms with van der Waals surface area (Å²) in [5, 5.41) is 13.2. The molecule has 5 nitrogen and oxygen atoms in total. The average Bonchev–Trinajstić information content (AvgIpc) is 2.85. The molecular weight excluding hydrogens is 258 g/mol. The highest BCUT2D eigenvalue weighted by atomic mass is 32.2. The molecule has 1 aliphatic rings. The van der Waals surface area contributed by atoms with Crippen LogP contribution in [0.2, 0.25) is 0 Å². The lowest BCUT2D eigenvalue weighted by Crippen LogP contribution is -2.08. The zero-order valence-electron chi connectivity index (χ0n) is 9.85. The molecule has 0 aromatic carbocycles. The van der Waals surface area contributed by atoms with Crippen LogP contribution in [0.1, 0.15) is 28.8 Å². The van der Waals surface area contributed by atoms with Crippen LogP contribution in [0.4, 0.5) is 0 Å². The van der Waals surface area contributed by atoms with Gasteiger partial charge in [-0.3, -0.25) is 0 Å². The Morgan fingerprint density at radius 1 is 1.47 bits per heavy atom. The number of aromatic nitrogens is 2. The number of sulfone groups is 1. The Bertz CT molecular complexity index is 470. The Morgan fingerprint density at radius 3 is 2.94 bits per heavy atom. The first-order chi connectivity index (χ1) is 8.11. The van der Waals surface area contributed by atoms with E-state index in [-0.39, 0.29) is 11.7 Å². The lowest BCUT2D eigenvalue weighted by Gasteiger charge is -1.99. The quantitative estimate of drug-likeness (QED) is 0.796. The van der Waals surface area contributed by atoms with Crippen LogP contribution in [0, 0.1) is 0 Å². The molecule has 0 bridgehead atoms. The summed E-state index contributed by atoms with van der Waals surface area (Å²) in [5.74, 6) is 0.625. The van der Waals surface area contributed by atoms with Gasteiger partial charge in [-0.15, -0.1) is 21.5 Å². The first-order valence-electron chi connectivity index (χ1n) is 5.78. The average molecular weight is 275 g/mol. The Labute approximate surface area is 106 Å². The number of nitrogens with one attached hydrogen (secondary N) is 1. The molecule has 7 heteroatoms. The van der Waals surface area contributed by atoms with Crippen molar-refractivity contribution in [3.05, 3.63) is 10.0 Å². The maximum absolute atomic E-state index is 11.4. The molecule has 0 spiro atoms. The summed E-state index contributed by atoms with van der Waals surface area (Å²) in [7, 11) is -0.901. The van der Waals surface area contributed by atoms with Crippen LogP contribution in [0.25, 0.3) is 0 Å². The van der Waals surface area contributed by atoms with E-state index >= 15 is 0 Å². The molecule has 17 heavy (non-hydrogen) atoms. The van der Waals surface area contributed by atoms with Gasteiger partial charge in [-0.05, 0) is 26.4 Å². The molecule has 96 valence electrons. The molecule has 1 unspecified atom stereocenters. The SMILES string of the molecule is CNCCCc1nnc(C2CCS(=O)(=O)C2)s1. The highest BCUT2D eigenvalue weighted by molar-refractivity contribution is 7.91. The van der Waals surface area contributed by atoms with E-state index in [1.807, 2.05) is 7.05 Å². The van der Waals surface area contributed by atoms with E-state index in [1.54, 1.807) is 11.3 Å². The van der Waals surface area contributed by atoms with Crippen LogP contribution in [0.5, 0.6) is 0 Å². The minimum absolute atomic E-state index is 0.0792. The van der Waals surface area contributed by atoms with Gasteiger partial charge < -0.3 is 5.32 Å². The highest BCUT2D eigenvalue weighted by Gasteiger charge is 2.31. The lowest BCUT2D eigenvalue weighted by atomic mass is 10.1. The van der Waals surface area contributed by atoms with Crippen molar-refractivity contribution in [2.75, 3.05) is 25.1 Å². The molecule has 0 radical (unpaired) electrons. The minimum Gasteiger partial charge on any atom is -0.320 e. The van der Waals surface area contributed by atoms with Crippen LogP contribution >= 0.6 is 11.3 Å². The van der Waals surface area contributed by atoms with Crippen LogP contribution in [-0.4, -0.2) is 43.7 Å². The predicted molar refractivity (Wildman–Crippen MR) is 68.2 cm³/mol. The van der Waals surface area contributed by atoms with Gasteiger partial charge in [-0.1, -0.05) is 0 Å². The normalized spacial score (nSPS) is 23.0. The maximum atomic E-state index is 11.4. The third-order valence-corrected chi connectivity index (χ3v) is 5.80. The first-order valence-corrected chi connectivity index (χ1v) is 8.42. The molecule has 0 amide bonds. The zero-order valence-corrected chi connectivity index (χ0v) is 11.5. The molecule has 1 atom stereocenters. The van der Waals surface area contributed by atoms with Crippen LogP contribution in [0.3, 0.4) is 0 Å². The topological polar surface area (TPSA) is 72.0 Å². The van der Waals surface area contributed by atoms with E-state index in [9.17, 15) is 8.42 Å². The van der Waals surface area contributed by atoms with E-state index < -0.39 is 9.84 Å². The summed E-state index contributed by atoms with van der Waals surface area (Å²) >= 11 is 1.57.